The molecule has 0 spiro atoms. The molecule has 0 aliphatic heterocycles. The first-order valence-electron chi connectivity index (χ1n) is 7.55. The van der Waals surface area contributed by atoms with Gasteiger partial charge in [0.25, 0.3) is 5.91 Å². The third kappa shape index (κ3) is 4.44. The number of hydrogen-bond acceptors (Lipinski definition) is 6. The maximum atomic E-state index is 12.9. The van der Waals surface area contributed by atoms with Crippen LogP contribution in [0.25, 0.3) is 0 Å². The van der Waals surface area contributed by atoms with Crippen molar-refractivity contribution < 1.29 is 27.1 Å². The molecule has 0 atom stereocenters. The number of nitrogens with zero attached hydrogens (tertiary/aromatic N) is 2. The number of halogens is 1. The predicted molar refractivity (Wildman–Crippen MR) is 93.0 cm³/mol. The topological polar surface area (TPSA) is 94.8 Å². The number of carbonyl (C=O) groups is 2. The van der Waals surface area contributed by atoms with E-state index in [0.717, 1.165) is 35.6 Å². The normalized spacial score (nSPS) is 12.2. The van der Waals surface area contributed by atoms with Crippen molar-refractivity contribution in [1.29, 1.82) is 0 Å². The van der Waals surface area contributed by atoms with Crippen molar-refractivity contribution in [2.75, 3.05) is 12.4 Å². The molecule has 0 saturated heterocycles. The van der Waals surface area contributed by atoms with E-state index < -0.39 is 33.3 Å². The van der Waals surface area contributed by atoms with Crippen molar-refractivity contribution in [3.05, 3.63) is 45.5 Å². The van der Waals surface area contributed by atoms with E-state index in [1.54, 1.807) is 20.9 Å². The van der Waals surface area contributed by atoms with E-state index in [0.29, 0.717) is 10.6 Å². The molecule has 1 aromatic carbocycles. The summed E-state index contributed by atoms with van der Waals surface area (Å²) in [5.74, 6) is -2.85. The second-order valence-corrected chi connectivity index (χ2v) is 8.26. The number of amides is 1. The summed E-state index contributed by atoms with van der Waals surface area (Å²) in [5.41, 5.74) is 0.557. The van der Waals surface area contributed by atoms with E-state index in [1.165, 1.54) is 4.57 Å². The molecule has 2 rings (SSSR count). The molecule has 1 heterocycles. The van der Waals surface area contributed by atoms with E-state index >= 15 is 0 Å². The highest BCUT2D eigenvalue weighted by atomic mass is 32.2. The fourth-order valence-corrected chi connectivity index (χ4v) is 4.18. The molecule has 0 N–H and O–H groups in total. The zero-order valence-corrected chi connectivity index (χ0v) is 16.0. The van der Waals surface area contributed by atoms with Crippen LogP contribution >= 0.6 is 11.3 Å². The first kappa shape index (κ1) is 20.0. The highest BCUT2D eigenvalue weighted by Gasteiger charge is 2.21. The average molecular weight is 400 g/mol. The number of ether oxygens (including phenoxy) is 1. The van der Waals surface area contributed by atoms with Gasteiger partial charge in [-0.05, 0) is 38.1 Å². The summed E-state index contributed by atoms with van der Waals surface area (Å²) in [7, 11) is -2.34. The number of esters is 1. The smallest absolute Gasteiger partial charge is 0.350 e. The Bertz CT molecular complexity index is 1000. The predicted octanol–water partition coefficient (Wildman–Crippen LogP) is 1.61. The highest BCUT2D eigenvalue weighted by Crippen LogP contribution is 2.14. The number of rotatable bonds is 5. The second kappa shape index (κ2) is 7.92. The van der Waals surface area contributed by atoms with E-state index in [9.17, 15) is 22.4 Å². The number of aromatic nitrogens is 1. The monoisotopic (exact) mass is 400 g/mol. The zero-order valence-electron chi connectivity index (χ0n) is 14.4. The molecule has 26 heavy (non-hydrogen) atoms. The SMILES string of the molecule is CCOC(=O)c1sc(=NC(=O)CS(=O)(=O)c2ccc(F)cc2)n(C)c1C. The van der Waals surface area contributed by atoms with Crippen LogP contribution in [0, 0.1) is 12.7 Å². The van der Waals surface area contributed by atoms with E-state index in [1.807, 2.05) is 0 Å². The molecule has 1 aromatic heterocycles. The minimum absolute atomic E-state index is 0.165. The molecule has 0 aliphatic rings. The Morgan fingerprint density at radius 1 is 1.27 bits per heavy atom. The standard InChI is InChI=1S/C16H17FN2O5S2/c1-4-24-15(21)14-10(2)19(3)16(25-14)18-13(20)9-26(22,23)12-7-5-11(17)6-8-12/h5-8H,4,9H2,1-3H3. The van der Waals surface area contributed by atoms with Crippen LogP contribution in [0.5, 0.6) is 0 Å². The molecule has 0 unspecified atom stereocenters. The van der Waals surface area contributed by atoms with Crippen molar-refractivity contribution in [1.82, 2.24) is 4.57 Å². The summed E-state index contributed by atoms with van der Waals surface area (Å²) in [5, 5.41) is 0. The lowest BCUT2D eigenvalue weighted by molar-refractivity contribution is -0.115. The Hall–Kier alpha value is -2.33. The van der Waals surface area contributed by atoms with Crippen LogP contribution in [0.15, 0.2) is 34.2 Å². The summed E-state index contributed by atoms with van der Waals surface area (Å²) >= 11 is 0.943. The summed E-state index contributed by atoms with van der Waals surface area (Å²) in [4.78, 5) is 28.1. The molecule has 1 amide bonds. The maximum Gasteiger partial charge on any atom is 0.350 e. The lowest BCUT2D eigenvalue weighted by atomic mass is 10.4. The van der Waals surface area contributed by atoms with Crippen molar-refractivity contribution in [3.63, 3.8) is 0 Å². The van der Waals surface area contributed by atoms with Gasteiger partial charge in [0.05, 0.1) is 11.5 Å². The highest BCUT2D eigenvalue weighted by molar-refractivity contribution is 7.92. The molecule has 0 aliphatic carbocycles. The molecular weight excluding hydrogens is 383 g/mol. The largest absolute Gasteiger partial charge is 0.462 e. The maximum absolute atomic E-state index is 12.9. The van der Waals surface area contributed by atoms with Gasteiger partial charge in [0.2, 0.25) is 0 Å². The lowest BCUT2D eigenvalue weighted by Gasteiger charge is -2.01. The van der Waals surface area contributed by atoms with Gasteiger partial charge in [-0.1, -0.05) is 11.3 Å². The van der Waals surface area contributed by atoms with Crippen LogP contribution in [0.2, 0.25) is 0 Å². The van der Waals surface area contributed by atoms with E-state index in [-0.39, 0.29) is 16.3 Å². The van der Waals surface area contributed by atoms with Crippen LogP contribution in [0.1, 0.15) is 22.3 Å². The van der Waals surface area contributed by atoms with Crippen molar-refractivity contribution in [2.24, 2.45) is 12.0 Å². The Kier molecular flexibility index (Phi) is 6.09. The molecule has 0 bridgehead atoms. The van der Waals surface area contributed by atoms with E-state index in [4.69, 9.17) is 4.74 Å². The summed E-state index contributed by atoms with van der Waals surface area (Å²) in [6.45, 7) is 3.55. The van der Waals surface area contributed by atoms with Crippen LogP contribution in [0.3, 0.4) is 0 Å². The van der Waals surface area contributed by atoms with Gasteiger partial charge in [0.15, 0.2) is 14.6 Å². The molecule has 10 heteroatoms. The number of sulfone groups is 1. The lowest BCUT2D eigenvalue weighted by Crippen LogP contribution is -2.20. The first-order chi connectivity index (χ1) is 12.2. The Balaban J connectivity index is 2.30. The third-order valence-electron chi connectivity index (χ3n) is 3.48. The van der Waals surface area contributed by atoms with Gasteiger partial charge >= 0.3 is 5.97 Å². The summed E-state index contributed by atoms with van der Waals surface area (Å²) < 4.78 is 43.8. The molecule has 7 nitrogen and oxygen atoms in total. The quantitative estimate of drug-likeness (QED) is 0.561. The molecule has 0 radical (unpaired) electrons. The van der Waals surface area contributed by atoms with Gasteiger partial charge in [-0.2, -0.15) is 4.99 Å². The molecular formula is C16H17FN2O5S2. The number of hydrogen-bond donors (Lipinski definition) is 0. The average Bonchev–Trinajstić information content (AvgIpc) is 2.83. The van der Waals surface area contributed by atoms with Crippen molar-refractivity contribution >= 4 is 33.1 Å². The summed E-state index contributed by atoms with van der Waals surface area (Å²) in [6.07, 6.45) is 0. The van der Waals surface area contributed by atoms with Crippen molar-refractivity contribution in [2.45, 2.75) is 18.7 Å². The van der Waals surface area contributed by atoms with E-state index in [2.05, 4.69) is 4.99 Å². The third-order valence-corrected chi connectivity index (χ3v) is 6.31. The fourth-order valence-electron chi connectivity index (χ4n) is 2.04. The Morgan fingerprint density at radius 2 is 1.88 bits per heavy atom. The van der Waals surface area contributed by atoms with Gasteiger partial charge in [0, 0.05) is 12.7 Å². The van der Waals surface area contributed by atoms with Crippen LogP contribution < -0.4 is 4.80 Å². The Labute approximate surface area is 153 Å². The number of thiazole rings is 1. The van der Waals surface area contributed by atoms with Crippen LogP contribution in [-0.4, -0.2) is 37.2 Å². The van der Waals surface area contributed by atoms with Gasteiger partial charge in [0.1, 0.15) is 16.4 Å². The molecule has 2 aromatic rings. The zero-order chi connectivity index (χ0) is 19.5. The molecule has 0 fully saturated rings. The first-order valence-corrected chi connectivity index (χ1v) is 10.0. The number of carbonyl (C=O) groups excluding carboxylic acids is 2. The minimum atomic E-state index is -3.94. The molecule has 0 saturated carbocycles. The summed E-state index contributed by atoms with van der Waals surface area (Å²) in [6, 6.07) is 4.18. The fraction of sp³-hybridized carbons (Fsp3) is 0.312. The molecule has 140 valence electrons. The van der Waals surface area contributed by atoms with Crippen molar-refractivity contribution in [3.8, 4) is 0 Å². The Morgan fingerprint density at radius 3 is 2.46 bits per heavy atom. The van der Waals surface area contributed by atoms with Gasteiger partial charge in [-0.3, -0.25) is 4.79 Å². The van der Waals surface area contributed by atoms with Crippen LogP contribution in [-0.2, 0) is 26.4 Å². The van der Waals surface area contributed by atoms with Gasteiger partial charge in [-0.25, -0.2) is 17.6 Å². The van der Waals surface area contributed by atoms with Gasteiger partial charge < -0.3 is 9.30 Å². The van der Waals surface area contributed by atoms with Gasteiger partial charge in [-0.15, -0.1) is 0 Å². The van der Waals surface area contributed by atoms with Crippen LogP contribution in [0.4, 0.5) is 4.39 Å². The second-order valence-electron chi connectivity index (χ2n) is 5.30. The number of benzene rings is 1. The minimum Gasteiger partial charge on any atom is -0.462 e.